The molecule has 7 nitrogen and oxygen atoms in total. The molecule has 0 aromatic carbocycles. The predicted octanol–water partition coefficient (Wildman–Crippen LogP) is -1.88. The van der Waals surface area contributed by atoms with Gasteiger partial charge in [0.15, 0.2) is 6.29 Å². The van der Waals surface area contributed by atoms with Gasteiger partial charge in [0.1, 0.15) is 24.4 Å². The lowest BCUT2D eigenvalue weighted by Crippen LogP contribution is -2.65. The minimum absolute atomic E-state index is 0.669. The third kappa shape index (κ3) is 3.54. The molecule has 0 saturated carbocycles. The normalized spacial score (nSPS) is 36.1. The van der Waals surface area contributed by atoms with E-state index in [9.17, 15) is 28.2 Å². The van der Waals surface area contributed by atoms with Crippen molar-refractivity contribution in [1.82, 2.24) is 5.32 Å². The van der Waals surface area contributed by atoms with Crippen LogP contribution in [0.1, 0.15) is 0 Å². The van der Waals surface area contributed by atoms with E-state index in [1.807, 2.05) is 0 Å². The van der Waals surface area contributed by atoms with Gasteiger partial charge >= 0.3 is 12.1 Å². The van der Waals surface area contributed by atoms with Crippen LogP contribution in [0, 0.1) is 0 Å². The molecule has 0 spiro atoms. The Morgan fingerprint density at radius 3 is 2.37 bits per heavy atom. The number of hydrogen-bond acceptors (Lipinski definition) is 6. The summed E-state index contributed by atoms with van der Waals surface area (Å²) in [4.78, 5) is 10.8. The molecular formula is C9H14F3NO6. The maximum atomic E-state index is 12.1. The highest BCUT2D eigenvalue weighted by molar-refractivity contribution is 5.82. The number of amides is 1. The average molecular weight is 289 g/mol. The molecule has 2 unspecified atom stereocenters. The zero-order valence-corrected chi connectivity index (χ0v) is 9.79. The Bertz CT molecular complexity index is 324. The van der Waals surface area contributed by atoms with E-state index < -0.39 is 49.3 Å². The second kappa shape index (κ2) is 6.01. The first kappa shape index (κ1) is 16.1. The summed E-state index contributed by atoms with van der Waals surface area (Å²) in [5, 5.41) is 29.5. The molecule has 1 rings (SSSR count). The van der Waals surface area contributed by atoms with Crippen molar-refractivity contribution in [2.75, 3.05) is 13.7 Å². The van der Waals surface area contributed by atoms with E-state index in [0.717, 1.165) is 7.11 Å². The van der Waals surface area contributed by atoms with Gasteiger partial charge in [-0.2, -0.15) is 13.2 Å². The van der Waals surface area contributed by atoms with Crippen molar-refractivity contribution >= 4 is 5.91 Å². The summed E-state index contributed by atoms with van der Waals surface area (Å²) in [6, 6.07) is -1.61. The Labute approximate surface area is 105 Å². The molecule has 0 aromatic rings. The Morgan fingerprint density at radius 2 is 1.95 bits per heavy atom. The Morgan fingerprint density at radius 1 is 1.37 bits per heavy atom. The number of ether oxygens (including phenoxy) is 2. The Kier molecular flexibility index (Phi) is 5.10. The van der Waals surface area contributed by atoms with Gasteiger partial charge in [0, 0.05) is 7.11 Å². The first-order valence-electron chi connectivity index (χ1n) is 5.25. The monoisotopic (exact) mass is 289 g/mol. The van der Waals surface area contributed by atoms with Crippen LogP contribution in [0.4, 0.5) is 13.2 Å². The van der Waals surface area contributed by atoms with Gasteiger partial charge in [0.2, 0.25) is 0 Å². The van der Waals surface area contributed by atoms with Crippen molar-refractivity contribution < 1.29 is 42.8 Å². The summed E-state index contributed by atoms with van der Waals surface area (Å²) in [7, 11) is 1.08. The number of hydrogen-bond donors (Lipinski definition) is 4. The predicted molar refractivity (Wildman–Crippen MR) is 52.8 cm³/mol. The molecule has 1 heterocycles. The van der Waals surface area contributed by atoms with Crippen molar-refractivity contribution in [1.29, 1.82) is 0 Å². The molecule has 0 bridgehead atoms. The van der Waals surface area contributed by atoms with Gasteiger partial charge in [-0.15, -0.1) is 0 Å². The highest BCUT2D eigenvalue weighted by atomic mass is 19.4. The summed E-state index contributed by atoms with van der Waals surface area (Å²) in [6.07, 6.45) is -11.2. The summed E-state index contributed by atoms with van der Waals surface area (Å²) in [5.41, 5.74) is 0. The Balaban J connectivity index is 2.82. The lowest BCUT2D eigenvalue weighted by Gasteiger charge is -2.41. The van der Waals surface area contributed by atoms with Crippen molar-refractivity contribution in [3.8, 4) is 0 Å². The van der Waals surface area contributed by atoms with E-state index in [4.69, 9.17) is 9.84 Å². The molecule has 0 aliphatic carbocycles. The molecule has 19 heavy (non-hydrogen) atoms. The highest BCUT2D eigenvalue weighted by Gasteiger charge is 2.48. The molecule has 4 N–H and O–H groups in total. The van der Waals surface area contributed by atoms with Crippen molar-refractivity contribution in [3.05, 3.63) is 0 Å². The zero-order chi connectivity index (χ0) is 14.8. The summed E-state index contributed by atoms with van der Waals surface area (Å²) < 4.78 is 46.0. The van der Waals surface area contributed by atoms with Gasteiger partial charge in [0.25, 0.3) is 0 Å². The number of carbonyl (C=O) groups is 1. The van der Waals surface area contributed by atoms with Gasteiger partial charge in [-0.25, -0.2) is 0 Å². The number of carbonyl (C=O) groups excluding carboxylic acids is 1. The second-order valence-electron chi connectivity index (χ2n) is 3.94. The van der Waals surface area contributed by atoms with E-state index in [1.54, 1.807) is 0 Å². The average Bonchev–Trinajstić information content (AvgIpc) is 2.34. The summed E-state index contributed by atoms with van der Waals surface area (Å²) in [5.74, 6) is -2.29. The number of aliphatic hydroxyl groups excluding tert-OH is 3. The van der Waals surface area contributed by atoms with Crippen LogP contribution in [0.3, 0.4) is 0 Å². The van der Waals surface area contributed by atoms with Crippen LogP contribution in [-0.2, 0) is 14.3 Å². The van der Waals surface area contributed by atoms with Crippen LogP contribution in [0.5, 0.6) is 0 Å². The quantitative estimate of drug-likeness (QED) is 0.484. The molecule has 1 saturated heterocycles. The van der Waals surface area contributed by atoms with Gasteiger partial charge in [-0.3, -0.25) is 4.79 Å². The number of aliphatic hydroxyl groups is 3. The largest absolute Gasteiger partial charge is 0.471 e. The molecular weight excluding hydrogens is 275 g/mol. The lowest BCUT2D eigenvalue weighted by atomic mass is 9.97. The molecule has 1 amide bonds. The number of nitrogens with one attached hydrogen (secondary N) is 1. The van der Waals surface area contributed by atoms with Crippen molar-refractivity contribution in [2.24, 2.45) is 0 Å². The van der Waals surface area contributed by atoms with E-state index >= 15 is 0 Å². The minimum atomic E-state index is -5.14. The number of methoxy groups -OCH3 is 1. The van der Waals surface area contributed by atoms with Gasteiger partial charge in [-0.1, -0.05) is 0 Å². The van der Waals surface area contributed by atoms with Gasteiger partial charge in [0.05, 0.1) is 6.61 Å². The fourth-order valence-corrected chi connectivity index (χ4v) is 1.67. The first-order chi connectivity index (χ1) is 8.72. The SMILES string of the molecule is CO[C@@H]1OC(CO)[C@H](O)[C@H](O)C1NC(=O)C(F)(F)F. The van der Waals surface area contributed by atoms with Crippen LogP contribution < -0.4 is 5.32 Å². The zero-order valence-electron chi connectivity index (χ0n) is 9.79. The molecule has 112 valence electrons. The standard InChI is InChI=1S/C9H14F3NO6/c1-18-7-4(13-8(17)9(10,11)12)6(16)5(15)3(2-14)19-7/h3-7,14-16H,2H2,1H3,(H,13,17)/t3?,4?,5-,6+,7+/m0/s1. The van der Waals surface area contributed by atoms with Crippen LogP contribution in [0.15, 0.2) is 0 Å². The molecule has 1 aliphatic heterocycles. The van der Waals surface area contributed by atoms with Crippen LogP contribution >= 0.6 is 0 Å². The van der Waals surface area contributed by atoms with E-state index in [0.29, 0.717) is 0 Å². The second-order valence-corrected chi connectivity index (χ2v) is 3.94. The highest BCUT2D eigenvalue weighted by Crippen LogP contribution is 2.23. The number of rotatable bonds is 3. The van der Waals surface area contributed by atoms with Crippen molar-refractivity contribution in [2.45, 2.75) is 36.8 Å². The number of halogens is 3. The smallest absolute Gasteiger partial charge is 0.394 e. The topological polar surface area (TPSA) is 108 Å². The first-order valence-corrected chi connectivity index (χ1v) is 5.25. The molecule has 1 aliphatic rings. The van der Waals surface area contributed by atoms with E-state index in [-0.39, 0.29) is 0 Å². The molecule has 10 heteroatoms. The minimum Gasteiger partial charge on any atom is -0.394 e. The Hall–Kier alpha value is -0.940. The number of alkyl halides is 3. The van der Waals surface area contributed by atoms with Crippen LogP contribution in [0.2, 0.25) is 0 Å². The summed E-state index contributed by atoms with van der Waals surface area (Å²) >= 11 is 0. The third-order valence-electron chi connectivity index (χ3n) is 2.67. The molecule has 0 aromatic heterocycles. The van der Waals surface area contributed by atoms with Crippen LogP contribution in [0.25, 0.3) is 0 Å². The third-order valence-corrected chi connectivity index (χ3v) is 2.67. The van der Waals surface area contributed by atoms with Gasteiger partial charge in [-0.05, 0) is 0 Å². The lowest BCUT2D eigenvalue weighted by molar-refractivity contribution is -0.264. The fraction of sp³-hybridized carbons (Fsp3) is 0.889. The van der Waals surface area contributed by atoms with E-state index in [2.05, 4.69) is 4.74 Å². The molecule has 1 fully saturated rings. The molecule has 0 radical (unpaired) electrons. The molecule has 5 atom stereocenters. The van der Waals surface area contributed by atoms with Crippen LogP contribution in [-0.4, -0.2) is 71.8 Å². The van der Waals surface area contributed by atoms with Crippen molar-refractivity contribution in [3.63, 3.8) is 0 Å². The maximum Gasteiger partial charge on any atom is 0.471 e. The van der Waals surface area contributed by atoms with Gasteiger partial charge < -0.3 is 30.1 Å². The summed E-state index contributed by atoms with van der Waals surface area (Å²) in [6.45, 7) is -0.669. The fourth-order valence-electron chi connectivity index (χ4n) is 1.67. The van der Waals surface area contributed by atoms with E-state index in [1.165, 1.54) is 5.32 Å². The maximum absolute atomic E-state index is 12.1.